The van der Waals surface area contributed by atoms with Crippen molar-refractivity contribution in [3.63, 3.8) is 0 Å². The fourth-order valence-corrected chi connectivity index (χ4v) is 5.09. The predicted molar refractivity (Wildman–Crippen MR) is 151 cm³/mol. The molecule has 10 nitrogen and oxygen atoms in total. The molecule has 1 amide bonds. The molecule has 0 saturated carbocycles. The zero-order chi connectivity index (χ0) is 28.9. The van der Waals surface area contributed by atoms with Gasteiger partial charge in [-0.3, -0.25) is 14.9 Å². The molecule has 0 radical (unpaired) electrons. The summed E-state index contributed by atoms with van der Waals surface area (Å²) in [5.74, 6) is -0.262. The Labute approximate surface area is 234 Å². The number of aromatic nitrogens is 2. The van der Waals surface area contributed by atoms with Gasteiger partial charge in [-0.25, -0.2) is 9.78 Å². The van der Waals surface area contributed by atoms with Gasteiger partial charge in [0.1, 0.15) is 5.82 Å². The summed E-state index contributed by atoms with van der Waals surface area (Å²) in [5, 5.41) is 15.4. The summed E-state index contributed by atoms with van der Waals surface area (Å²) in [6, 6.07) is 14.0. The molecule has 3 aromatic rings. The zero-order valence-corrected chi connectivity index (χ0v) is 23.5. The number of imidazole rings is 1. The summed E-state index contributed by atoms with van der Waals surface area (Å²) >= 11 is 0. The van der Waals surface area contributed by atoms with Gasteiger partial charge in [-0.05, 0) is 75.6 Å². The molecule has 2 unspecified atom stereocenters. The average molecular weight is 545 g/mol. The number of rotatable bonds is 11. The number of hydrogen-bond acceptors (Lipinski definition) is 8. The normalized spacial score (nSPS) is 15.3. The Morgan fingerprint density at radius 1 is 1.15 bits per heavy atom. The van der Waals surface area contributed by atoms with Gasteiger partial charge >= 0.3 is 5.97 Å². The van der Waals surface area contributed by atoms with Crippen LogP contribution in [0, 0.1) is 11.3 Å². The van der Waals surface area contributed by atoms with Crippen molar-refractivity contribution in [2.45, 2.75) is 51.6 Å². The van der Waals surface area contributed by atoms with Gasteiger partial charge in [0.25, 0.3) is 0 Å². The molecular formula is C30H36N6O4. The van der Waals surface area contributed by atoms with Crippen LogP contribution in [0.1, 0.15) is 50.6 Å². The Bertz CT molecular complexity index is 1430. The van der Waals surface area contributed by atoms with Crippen molar-refractivity contribution in [2.75, 3.05) is 31.6 Å². The molecular weight excluding hydrogens is 508 g/mol. The number of hydrogen-bond donors (Lipinski definition) is 2. The van der Waals surface area contributed by atoms with E-state index in [1.807, 2.05) is 53.8 Å². The van der Waals surface area contributed by atoms with E-state index in [1.165, 1.54) is 6.92 Å². The maximum absolute atomic E-state index is 13.9. The Morgan fingerprint density at radius 2 is 1.85 bits per heavy atom. The largest absolute Gasteiger partial charge is 0.464 e. The van der Waals surface area contributed by atoms with Crippen LogP contribution in [-0.4, -0.2) is 64.4 Å². The molecule has 1 aliphatic rings. The second-order valence-electron chi connectivity index (χ2n) is 10.3. The van der Waals surface area contributed by atoms with E-state index in [0.29, 0.717) is 25.2 Å². The predicted octanol–water partition coefficient (Wildman–Crippen LogP) is 3.05. The molecule has 2 heterocycles. The van der Waals surface area contributed by atoms with Crippen molar-refractivity contribution in [3.05, 3.63) is 59.4 Å². The van der Waals surface area contributed by atoms with Crippen LogP contribution < -0.4 is 10.6 Å². The molecule has 40 heavy (non-hydrogen) atoms. The molecule has 0 bridgehead atoms. The highest BCUT2D eigenvalue weighted by Gasteiger charge is 2.41. The number of amides is 1. The number of benzene rings is 2. The highest BCUT2D eigenvalue weighted by Crippen LogP contribution is 2.31. The van der Waals surface area contributed by atoms with Crippen molar-refractivity contribution < 1.29 is 19.1 Å². The summed E-state index contributed by atoms with van der Waals surface area (Å²) < 4.78 is 7.09. The number of nitrogens with zero attached hydrogens (tertiary/aromatic N) is 4. The Morgan fingerprint density at radius 3 is 2.48 bits per heavy atom. The lowest BCUT2D eigenvalue weighted by molar-refractivity contribution is -0.149. The number of ether oxygens (including phenoxy) is 1. The fourth-order valence-electron chi connectivity index (χ4n) is 5.09. The number of carbonyl (C=O) groups is 3. The number of Topliss-reactive ketones (excluding diaryl/α,β-unsaturated/α-hetero) is 1. The monoisotopic (exact) mass is 544 g/mol. The average Bonchev–Trinajstić information content (AvgIpc) is 3.60. The van der Waals surface area contributed by atoms with Crippen LogP contribution >= 0.6 is 0 Å². The number of esters is 1. The van der Waals surface area contributed by atoms with E-state index in [9.17, 15) is 14.4 Å². The maximum Gasteiger partial charge on any atom is 0.330 e. The molecule has 0 aliphatic carbocycles. The van der Waals surface area contributed by atoms with Crippen molar-refractivity contribution in [2.24, 2.45) is 7.05 Å². The number of ketones is 1. The molecule has 2 aromatic carbocycles. The molecule has 1 aromatic heterocycles. The van der Waals surface area contributed by atoms with Crippen LogP contribution in [0.5, 0.6) is 0 Å². The van der Waals surface area contributed by atoms with Crippen molar-refractivity contribution >= 4 is 34.4 Å². The van der Waals surface area contributed by atoms with E-state index in [0.717, 1.165) is 41.0 Å². The lowest BCUT2D eigenvalue weighted by Crippen LogP contribution is -2.54. The lowest BCUT2D eigenvalue weighted by atomic mass is 9.80. The van der Waals surface area contributed by atoms with Crippen molar-refractivity contribution in [1.82, 2.24) is 19.8 Å². The topological polar surface area (TPSA) is 129 Å². The second-order valence-corrected chi connectivity index (χ2v) is 10.3. The highest BCUT2D eigenvalue weighted by molar-refractivity contribution is 6.02. The minimum absolute atomic E-state index is 0.0540. The van der Waals surface area contributed by atoms with Crippen LogP contribution in [0.2, 0.25) is 0 Å². The minimum Gasteiger partial charge on any atom is -0.464 e. The summed E-state index contributed by atoms with van der Waals surface area (Å²) in [5.41, 5.74) is 2.84. The first-order valence-corrected chi connectivity index (χ1v) is 13.6. The summed E-state index contributed by atoms with van der Waals surface area (Å²) in [4.78, 5) is 45.3. The quantitative estimate of drug-likeness (QED) is 0.278. The summed E-state index contributed by atoms with van der Waals surface area (Å²) in [7, 11) is 1.94. The molecule has 210 valence electrons. The van der Waals surface area contributed by atoms with Gasteiger partial charge in [0.05, 0.1) is 41.2 Å². The van der Waals surface area contributed by atoms with E-state index < -0.39 is 17.4 Å². The van der Waals surface area contributed by atoms with E-state index in [-0.39, 0.29) is 24.8 Å². The third-order valence-corrected chi connectivity index (χ3v) is 7.53. The first-order chi connectivity index (χ1) is 19.2. The Balaban J connectivity index is 1.63. The van der Waals surface area contributed by atoms with Crippen molar-refractivity contribution in [3.8, 4) is 6.07 Å². The van der Waals surface area contributed by atoms with Crippen molar-refractivity contribution in [1.29, 1.82) is 5.26 Å². The third kappa shape index (κ3) is 6.00. The second kappa shape index (κ2) is 12.3. The molecule has 1 saturated heterocycles. The molecule has 0 spiro atoms. The van der Waals surface area contributed by atoms with Gasteiger partial charge in [-0.1, -0.05) is 6.07 Å². The molecule has 1 aliphatic heterocycles. The standard InChI is InChI=1S/C30H36N6O4/c1-5-40-28(38)27(20(2)37)33-19-30(3,29(39)36-14-6-7-15-36)22-10-13-25-24(16-22)34-26(35(25)4)18-32-23-11-8-21(17-31)9-12-23/h8-13,16,27,32-33H,5-7,14-15,18-19H2,1-4H3. The van der Waals surface area contributed by atoms with E-state index in [1.54, 1.807) is 19.1 Å². The highest BCUT2D eigenvalue weighted by atomic mass is 16.5. The number of nitriles is 1. The number of likely N-dealkylation sites (tertiary alicyclic amines) is 1. The van der Waals surface area contributed by atoms with Crippen LogP contribution in [-0.2, 0) is 38.1 Å². The van der Waals surface area contributed by atoms with Gasteiger partial charge in [0.15, 0.2) is 11.8 Å². The van der Waals surface area contributed by atoms with E-state index >= 15 is 0 Å². The number of nitrogens with one attached hydrogen (secondary N) is 2. The van der Waals surface area contributed by atoms with Crippen LogP contribution in [0.4, 0.5) is 5.69 Å². The lowest BCUT2D eigenvalue weighted by Gasteiger charge is -2.34. The Hall–Kier alpha value is -4.23. The smallest absolute Gasteiger partial charge is 0.330 e. The molecule has 10 heteroatoms. The van der Waals surface area contributed by atoms with Crippen LogP contribution in [0.3, 0.4) is 0 Å². The number of aryl methyl sites for hydroxylation is 1. The number of fused-ring (bicyclic) bond motifs is 1. The third-order valence-electron chi connectivity index (χ3n) is 7.53. The fraction of sp³-hybridized carbons (Fsp3) is 0.433. The van der Waals surface area contributed by atoms with E-state index in [2.05, 4.69) is 16.7 Å². The van der Waals surface area contributed by atoms with Gasteiger partial charge in [0.2, 0.25) is 5.91 Å². The Kier molecular flexibility index (Phi) is 8.85. The maximum atomic E-state index is 13.9. The van der Waals surface area contributed by atoms with Gasteiger partial charge in [-0.2, -0.15) is 5.26 Å². The first-order valence-electron chi connectivity index (χ1n) is 13.6. The first kappa shape index (κ1) is 28.8. The molecule has 1 fully saturated rings. The number of carbonyl (C=O) groups excluding carboxylic acids is 3. The summed E-state index contributed by atoms with van der Waals surface area (Å²) in [6.45, 7) is 6.94. The SMILES string of the molecule is CCOC(=O)C(NCC(C)(C(=O)N1CCCC1)c1ccc2c(c1)nc(CNc1ccc(C#N)cc1)n2C)C(C)=O. The number of anilines is 1. The zero-order valence-electron chi connectivity index (χ0n) is 23.5. The summed E-state index contributed by atoms with van der Waals surface area (Å²) in [6.07, 6.45) is 1.89. The van der Waals surface area contributed by atoms with Gasteiger partial charge in [0, 0.05) is 32.4 Å². The van der Waals surface area contributed by atoms with Crippen LogP contribution in [0.15, 0.2) is 42.5 Å². The van der Waals surface area contributed by atoms with Gasteiger partial charge in [-0.15, -0.1) is 0 Å². The minimum atomic E-state index is -1.15. The molecule has 2 N–H and O–H groups in total. The van der Waals surface area contributed by atoms with E-state index in [4.69, 9.17) is 15.0 Å². The van der Waals surface area contributed by atoms with Crippen LogP contribution in [0.25, 0.3) is 11.0 Å². The molecule has 2 atom stereocenters. The molecule has 4 rings (SSSR count). The van der Waals surface area contributed by atoms with Gasteiger partial charge < -0.3 is 19.5 Å².